The van der Waals surface area contributed by atoms with E-state index in [-0.39, 0.29) is 5.41 Å². The van der Waals surface area contributed by atoms with Crippen molar-refractivity contribution in [1.82, 2.24) is 4.98 Å². The van der Waals surface area contributed by atoms with Crippen molar-refractivity contribution >= 4 is 26.7 Å². The fourth-order valence-corrected chi connectivity index (χ4v) is 2.80. The monoisotopic (exact) mass is 235 g/mol. The number of benzene rings is 1. The molecule has 0 unspecified atom stereocenters. The molecule has 4 nitrogen and oxygen atoms in total. The molecule has 0 amide bonds. The van der Waals surface area contributed by atoms with E-state index in [0.29, 0.717) is 24.9 Å². The predicted octanol–water partition coefficient (Wildman–Crippen LogP) is 1.11. The number of thiazole rings is 1. The van der Waals surface area contributed by atoms with Gasteiger partial charge >= 0.3 is 0 Å². The summed E-state index contributed by atoms with van der Waals surface area (Å²) in [6.45, 7) is 2.04. The van der Waals surface area contributed by atoms with Gasteiger partial charge < -0.3 is 16.2 Å². The Kier molecular flexibility index (Phi) is 2.14. The van der Waals surface area contributed by atoms with Gasteiger partial charge in [-0.2, -0.15) is 0 Å². The van der Waals surface area contributed by atoms with Gasteiger partial charge in [-0.15, -0.1) is 0 Å². The second-order valence-corrected chi connectivity index (χ2v) is 5.27. The van der Waals surface area contributed by atoms with E-state index in [0.717, 1.165) is 10.2 Å². The highest BCUT2D eigenvalue weighted by Gasteiger charge is 2.39. The van der Waals surface area contributed by atoms with Crippen LogP contribution in [0.3, 0.4) is 0 Å². The molecular weight excluding hydrogens is 222 g/mol. The maximum Gasteiger partial charge on any atom is 0.181 e. The molecule has 0 aliphatic carbocycles. The Morgan fingerprint density at radius 1 is 1.44 bits per heavy atom. The maximum absolute atomic E-state index is 5.83. The van der Waals surface area contributed by atoms with Crippen LogP contribution in [-0.4, -0.2) is 24.7 Å². The normalized spacial score (nSPS) is 18.6. The number of ether oxygens (including phenoxy) is 1. The molecule has 0 atom stereocenters. The molecule has 4 N–H and O–H groups in total. The SMILES string of the molecule is NCC1(c2ccc3nc(N)sc3c2)COC1. The minimum absolute atomic E-state index is 0.00689. The van der Waals surface area contributed by atoms with Gasteiger partial charge in [0, 0.05) is 6.54 Å². The molecule has 0 spiro atoms. The lowest BCUT2D eigenvalue weighted by atomic mass is 9.79. The molecule has 0 saturated carbocycles. The largest absolute Gasteiger partial charge is 0.379 e. The third-order valence-electron chi connectivity index (χ3n) is 3.16. The van der Waals surface area contributed by atoms with Gasteiger partial charge in [0.05, 0.1) is 28.8 Å². The first-order valence-corrected chi connectivity index (χ1v) is 5.99. The van der Waals surface area contributed by atoms with Crippen molar-refractivity contribution in [1.29, 1.82) is 0 Å². The Bertz CT molecular complexity index is 527. The molecule has 5 heteroatoms. The molecule has 1 aliphatic rings. The topological polar surface area (TPSA) is 74.2 Å². The first kappa shape index (κ1) is 10.0. The molecule has 16 heavy (non-hydrogen) atoms. The number of rotatable bonds is 2. The summed E-state index contributed by atoms with van der Waals surface area (Å²) in [6, 6.07) is 6.23. The van der Waals surface area contributed by atoms with E-state index in [1.165, 1.54) is 16.9 Å². The first-order valence-electron chi connectivity index (χ1n) is 5.18. The minimum Gasteiger partial charge on any atom is -0.379 e. The summed E-state index contributed by atoms with van der Waals surface area (Å²) in [7, 11) is 0. The number of nitrogens with zero attached hydrogens (tertiary/aromatic N) is 1. The van der Waals surface area contributed by atoms with Gasteiger partial charge in [-0.1, -0.05) is 17.4 Å². The Labute approximate surface area is 97.2 Å². The minimum atomic E-state index is 0.00689. The average Bonchev–Trinajstić information content (AvgIpc) is 2.56. The van der Waals surface area contributed by atoms with E-state index in [1.807, 2.05) is 6.07 Å². The van der Waals surface area contributed by atoms with E-state index in [2.05, 4.69) is 17.1 Å². The van der Waals surface area contributed by atoms with E-state index < -0.39 is 0 Å². The van der Waals surface area contributed by atoms with Crippen molar-refractivity contribution in [2.24, 2.45) is 5.73 Å². The highest BCUT2D eigenvalue weighted by Crippen LogP contribution is 2.34. The van der Waals surface area contributed by atoms with Crippen LogP contribution in [0.2, 0.25) is 0 Å². The average molecular weight is 235 g/mol. The number of hydrogen-bond donors (Lipinski definition) is 2. The number of nitrogen functional groups attached to an aromatic ring is 1. The second-order valence-electron chi connectivity index (χ2n) is 4.21. The van der Waals surface area contributed by atoms with Crippen molar-refractivity contribution in [3.8, 4) is 0 Å². The standard InChI is InChI=1S/C11H13N3OS/c12-4-11(5-15-6-11)7-1-2-8-9(3-7)16-10(13)14-8/h1-3H,4-6,12H2,(H2,13,14). The van der Waals surface area contributed by atoms with Gasteiger partial charge in [0.25, 0.3) is 0 Å². The summed E-state index contributed by atoms with van der Waals surface area (Å²) in [4.78, 5) is 4.24. The smallest absolute Gasteiger partial charge is 0.181 e. The predicted molar refractivity (Wildman–Crippen MR) is 65.6 cm³/mol. The van der Waals surface area contributed by atoms with Crippen LogP contribution >= 0.6 is 11.3 Å². The van der Waals surface area contributed by atoms with E-state index in [1.54, 1.807) is 0 Å². The molecule has 1 saturated heterocycles. The van der Waals surface area contributed by atoms with Crippen LogP contribution in [0.15, 0.2) is 18.2 Å². The summed E-state index contributed by atoms with van der Waals surface area (Å²) in [6.07, 6.45) is 0. The van der Waals surface area contributed by atoms with E-state index in [4.69, 9.17) is 16.2 Å². The lowest BCUT2D eigenvalue weighted by molar-refractivity contribution is -0.0549. The van der Waals surface area contributed by atoms with Crippen LogP contribution < -0.4 is 11.5 Å². The van der Waals surface area contributed by atoms with Crippen LogP contribution in [0.4, 0.5) is 5.13 Å². The van der Waals surface area contributed by atoms with Gasteiger partial charge in [0.15, 0.2) is 5.13 Å². The fraction of sp³-hybridized carbons (Fsp3) is 0.364. The Hall–Kier alpha value is -1.17. The van der Waals surface area contributed by atoms with Crippen molar-refractivity contribution < 1.29 is 4.74 Å². The summed E-state index contributed by atoms with van der Waals surface area (Å²) >= 11 is 1.51. The van der Waals surface area contributed by atoms with Crippen LogP contribution in [0, 0.1) is 0 Å². The van der Waals surface area contributed by atoms with Crippen LogP contribution in [0.25, 0.3) is 10.2 Å². The highest BCUT2D eigenvalue weighted by atomic mass is 32.1. The van der Waals surface area contributed by atoms with E-state index >= 15 is 0 Å². The first-order chi connectivity index (χ1) is 7.73. The Morgan fingerprint density at radius 3 is 2.88 bits per heavy atom. The van der Waals surface area contributed by atoms with Gasteiger partial charge in [-0.25, -0.2) is 4.98 Å². The van der Waals surface area contributed by atoms with E-state index in [9.17, 15) is 0 Å². The summed E-state index contributed by atoms with van der Waals surface area (Å²) in [5, 5.41) is 0.610. The van der Waals surface area contributed by atoms with Gasteiger partial charge in [-0.05, 0) is 17.7 Å². The highest BCUT2D eigenvalue weighted by molar-refractivity contribution is 7.22. The number of anilines is 1. The fourth-order valence-electron chi connectivity index (χ4n) is 2.02. The molecule has 0 bridgehead atoms. The van der Waals surface area contributed by atoms with Gasteiger partial charge in [-0.3, -0.25) is 0 Å². The number of hydrogen-bond acceptors (Lipinski definition) is 5. The zero-order valence-corrected chi connectivity index (χ0v) is 9.59. The molecule has 1 aliphatic heterocycles. The molecule has 0 radical (unpaired) electrons. The number of fused-ring (bicyclic) bond motifs is 1. The Balaban J connectivity index is 2.10. The van der Waals surface area contributed by atoms with Gasteiger partial charge in [0.2, 0.25) is 0 Å². The van der Waals surface area contributed by atoms with Crippen molar-refractivity contribution in [3.05, 3.63) is 23.8 Å². The molecule has 2 heterocycles. The van der Waals surface area contributed by atoms with Crippen molar-refractivity contribution in [2.75, 3.05) is 25.5 Å². The molecular formula is C11H13N3OS. The molecule has 3 rings (SSSR count). The third-order valence-corrected chi connectivity index (χ3v) is 4.01. The van der Waals surface area contributed by atoms with Crippen LogP contribution in [0.1, 0.15) is 5.56 Å². The molecule has 2 aromatic rings. The molecule has 1 aromatic heterocycles. The third kappa shape index (κ3) is 1.32. The van der Waals surface area contributed by atoms with Crippen molar-refractivity contribution in [3.63, 3.8) is 0 Å². The lowest BCUT2D eigenvalue weighted by Crippen LogP contribution is -2.52. The number of nitrogens with two attached hydrogens (primary N) is 2. The zero-order chi connectivity index (χ0) is 11.2. The summed E-state index contributed by atoms with van der Waals surface area (Å²) < 4.78 is 6.40. The van der Waals surface area contributed by atoms with Gasteiger partial charge in [0.1, 0.15) is 0 Å². The van der Waals surface area contributed by atoms with Crippen molar-refractivity contribution in [2.45, 2.75) is 5.41 Å². The lowest BCUT2D eigenvalue weighted by Gasteiger charge is -2.41. The number of aromatic nitrogens is 1. The zero-order valence-electron chi connectivity index (χ0n) is 8.77. The molecule has 1 fully saturated rings. The quantitative estimate of drug-likeness (QED) is 0.817. The Morgan fingerprint density at radius 2 is 2.25 bits per heavy atom. The van der Waals surface area contributed by atoms with Crippen LogP contribution in [0.5, 0.6) is 0 Å². The second kappa shape index (κ2) is 3.41. The molecule has 1 aromatic carbocycles. The molecule has 84 valence electrons. The summed E-state index contributed by atoms with van der Waals surface area (Å²) in [5.41, 5.74) is 13.7. The maximum atomic E-state index is 5.83. The van der Waals surface area contributed by atoms with Crippen LogP contribution in [-0.2, 0) is 10.2 Å². The summed E-state index contributed by atoms with van der Waals surface area (Å²) in [5.74, 6) is 0.